The number of carbonyl (C=O) groups excluding carboxylic acids is 2. The van der Waals surface area contributed by atoms with Gasteiger partial charge in [0.25, 0.3) is 5.91 Å². The summed E-state index contributed by atoms with van der Waals surface area (Å²) in [6.45, 7) is 0.319. The Morgan fingerprint density at radius 1 is 0.909 bits per heavy atom. The average Bonchev–Trinajstić information content (AvgIpc) is 3.28. The van der Waals surface area contributed by atoms with E-state index in [-0.39, 0.29) is 11.8 Å². The fourth-order valence-corrected chi connectivity index (χ4v) is 5.11. The topological polar surface area (TPSA) is 49.4 Å². The van der Waals surface area contributed by atoms with Crippen LogP contribution in [0.1, 0.15) is 32.4 Å². The molecular formula is C25H21F3N2O2S. The number of alkyl halides is 3. The van der Waals surface area contributed by atoms with Crippen LogP contribution in [0.3, 0.4) is 0 Å². The predicted molar refractivity (Wildman–Crippen MR) is 121 cm³/mol. The van der Waals surface area contributed by atoms with E-state index in [4.69, 9.17) is 0 Å². The zero-order chi connectivity index (χ0) is 23.4. The zero-order valence-electron chi connectivity index (χ0n) is 17.5. The van der Waals surface area contributed by atoms with Gasteiger partial charge in [-0.25, -0.2) is 0 Å². The van der Waals surface area contributed by atoms with E-state index in [1.165, 1.54) is 28.8 Å². The Hall–Kier alpha value is -3.26. The molecule has 170 valence electrons. The number of carbonyl (C=O) groups is 2. The first-order valence-corrected chi connectivity index (χ1v) is 11.4. The molecule has 1 aliphatic heterocycles. The van der Waals surface area contributed by atoms with Crippen molar-refractivity contribution in [2.45, 2.75) is 24.1 Å². The third-order valence-electron chi connectivity index (χ3n) is 5.39. The number of rotatable bonds is 5. The highest BCUT2D eigenvalue weighted by molar-refractivity contribution is 7.99. The molecule has 1 N–H and O–H groups in total. The molecule has 0 saturated carbocycles. The number of nitrogens with one attached hydrogen (secondary N) is 1. The predicted octanol–water partition coefficient (Wildman–Crippen LogP) is 5.28. The fourth-order valence-electron chi connectivity index (χ4n) is 3.68. The molecule has 0 aromatic heterocycles. The quantitative estimate of drug-likeness (QED) is 0.552. The second-order valence-corrected chi connectivity index (χ2v) is 8.72. The van der Waals surface area contributed by atoms with Crippen molar-refractivity contribution in [3.8, 4) is 0 Å². The smallest absolute Gasteiger partial charge is 0.350 e. The molecule has 1 heterocycles. The molecule has 0 bridgehead atoms. The van der Waals surface area contributed by atoms with Crippen molar-refractivity contribution in [1.29, 1.82) is 0 Å². The molecule has 33 heavy (non-hydrogen) atoms. The third kappa shape index (κ3) is 5.22. The lowest BCUT2D eigenvalue weighted by Crippen LogP contribution is -2.47. The molecule has 4 nitrogen and oxygen atoms in total. The molecule has 3 aromatic carbocycles. The third-order valence-corrected chi connectivity index (χ3v) is 6.71. The van der Waals surface area contributed by atoms with Crippen LogP contribution in [0, 0.1) is 0 Å². The molecule has 2 amide bonds. The van der Waals surface area contributed by atoms with Crippen LogP contribution in [0.15, 0.2) is 84.9 Å². The van der Waals surface area contributed by atoms with Crippen molar-refractivity contribution in [3.05, 3.63) is 107 Å². The molecule has 0 aliphatic carbocycles. The monoisotopic (exact) mass is 470 g/mol. The second-order valence-electron chi connectivity index (χ2n) is 7.60. The number of nitrogens with zero attached hydrogens (tertiary/aromatic N) is 1. The van der Waals surface area contributed by atoms with Crippen LogP contribution < -0.4 is 5.32 Å². The largest absolute Gasteiger partial charge is 0.416 e. The Bertz CT molecular complexity index is 1110. The van der Waals surface area contributed by atoms with Gasteiger partial charge in [-0.1, -0.05) is 60.7 Å². The molecule has 8 heteroatoms. The maximum absolute atomic E-state index is 13.4. The summed E-state index contributed by atoms with van der Waals surface area (Å²) in [4.78, 5) is 27.9. The maximum atomic E-state index is 13.4. The molecule has 4 rings (SSSR count). The zero-order valence-corrected chi connectivity index (χ0v) is 18.3. The van der Waals surface area contributed by atoms with Crippen molar-refractivity contribution in [3.63, 3.8) is 0 Å². The number of thioether (sulfide) groups is 1. The van der Waals surface area contributed by atoms with E-state index in [2.05, 4.69) is 5.32 Å². The first-order chi connectivity index (χ1) is 15.8. The van der Waals surface area contributed by atoms with E-state index in [1.807, 2.05) is 30.3 Å². The summed E-state index contributed by atoms with van der Waals surface area (Å²) >= 11 is 1.36. The molecule has 3 aromatic rings. The highest BCUT2D eigenvalue weighted by Crippen LogP contribution is 2.43. The Morgan fingerprint density at radius 2 is 1.52 bits per heavy atom. The van der Waals surface area contributed by atoms with E-state index < -0.39 is 23.2 Å². The van der Waals surface area contributed by atoms with Crippen LogP contribution in [0.25, 0.3) is 0 Å². The molecule has 1 fully saturated rings. The van der Waals surface area contributed by atoms with Gasteiger partial charge in [-0.3, -0.25) is 9.59 Å². The van der Waals surface area contributed by atoms with Gasteiger partial charge in [-0.2, -0.15) is 13.2 Å². The Kier molecular flexibility index (Phi) is 6.74. The van der Waals surface area contributed by atoms with Crippen LogP contribution in [-0.2, 0) is 17.5 Å². The SMILES string of the molecule is O=C(NCc1ccccc1)[C@@H]1CS[C@H](c2ccc(C(F)(F)F)cc2)N1C(=O)c1ccccc1. The van der Waals surface area contributed by atoms with Crippen molar-refractivity contribution < 1.29 is 22.8 Å². The molecule has 1 saturated heterocycles. The number of halogens is 3. The van der Waals surface area contributed by atoms with Gasteiger partial charge >= 0.3 is 6.18 Å². The lowest BCUT2D eigenvalue weighted by molar-refractivity contribution is -0.137. The Balaban J connectivity index is 1.60. The summed E-state index contributed by atoms with van der Waals surface area (Å²) < 4.78 is 39.0. The van der Waals surface area contributed by atoms with Gasteiger partial charge in [0, 0.05) is 17.9 Å². The van der Waals surface area contributed by atoms with Crippen LogP contribution >= 0.6 is 11.8 Å². The summed E-state index contributed by atoms with van der Waals surface area (Å²) in [5.41, 5.74) is 1.12. The second kappa shape index (κ2) is 9.70. The van der Waals surface area contributed by atoms with E-state index >= 15 is 0 Å². The molecule has 0 spiro atoms. The fraction of sp³-hybridized carbons (Fsp3) is 0.200. The summed E-state index contributed by atoms with van der Waals surface area (Å²) in [5.74, 6) is -0.305. The van der Waals surface area contributed by atoms with Gasteiger partial charge in [-0.15, -0.1) is 11.8 Å². The minimum atomic E-state index is -4.44. The van der Waals surface area contributed by atoms with Crippen LogP contribution in [-0.4, -0.2) is 28.5 Å². The van der Waals surface area contributed by atoms with Crippen LogP contribution in [0.5, 0.6) is 0 Å². The molecule has 0 radical (unpaired) electrons. The van der Waals surface area contributed by atoms with Gasteiger partial charge in [0.2, 0.25) is 5.91 Å². The van der Waals surface area contributed by atoms with Gasteiger partial charge < -0.3 is 10.2 Å². The standard InChI is InChI=1S/C25H21F3N2O2S/c26-25(27,28)20-13-11-19(12-14-20)24-30(23(32)18-9-5-2-6-10-18)21(16-33-24)22(31)29-15-17-7-3-1-4-8-17/h1-14,21,24H,15-16H2,(H,29,31)/t21-,24+/m0/s1. The van der Waals surface area contributed by atoms with Crippen LogP contribution in [0.2, 0.25) is 0 Å². The number of benzene rings is 3. The van der Waals surface area contributed by atoms with Crippen LogP contribution in [0.4, 0.5) is 13.2 Å². The molecular weight excluding hydrogens is 449 g/mol. The lowest BCUT2D eigenvalue weighted by atomic mass is 10.1. The van der Waals surface area contributed by atoms with Gasteiger partial charge in [0.05, 0.1) is 5.56 Å². The van der Waals surface area contributed by atoms with Crippen molar-refractivity contribution >= 4 is 23.6 Å². The first-order valence-electron chi connectivity index (χ1n) is 10.3. The molecule has 2 atom stereocenters. The average molecular weight is 471 g/mol. The minimum absolute atomic E-state index is 0.301. The summed E-state index contributed by atoms with van der Waals surface area (Å²) in [6, 6.07) is 22.0. The summed E-state index contributed by atoms with van der Waals surface area (Å²) in [5, 5.41) is 2.31. The number of hydrogen-bond donors (Lipinski definition) is 1. The lowest BCUT2D eigenvalue weighted by Gasteiger charge is -2.29. The summed E-state index contributed by atoms with van der Waals surface area (Å²) in [6.07, 6.45) is -4.44. The van der Waals surface area contributed by atoms with Gasteiger partial charge in [0.1, 0.15) is 11.4 Å². The molecule has 0 unspecified atom stereocenters. The van der Waals surface area contributed by atoms with E-state index in [9.17, 15) is 22.8 Å². The van der Waals surface area contributed by atoms with E-state index in [1.54, 1.807) is 30.3 Å². The number of amides is 2. The maximum Gasteiger partial charge on any atom is 0.416 e. The number of hydrogen-bond acceptors (Lipinski definition) is 3. The first kappa shape index (κ1) is 22.9. The highest BCUT2D eigenvalue weighted by Gasteiger charge is 2.42. The Morgan fingerprint density at radius 3 is 2.12 bits per heavy atom. The Labute approximate surface area is 193 Å². The normalized spacial score (nSPS) is 18.2. The van der Waals surface area contributed by atoms with Crippen molar-refractivity contribution in [1.82, 2.24) is 10.2 Å². The molecule has 1 aliphatic rings. The minimum Gasteiger partial charge on any atom is -0.350 e. The van der Waals surface area contributed by atoms with Gasteiger partial charge in [-0.05, 0) is 35.4 Å². The van der Waals surface area contributed by atoms with E-state index in [0.29, 0.717) is 23.4 Å². The summed E-state index contributed by atoms with van der Waals surface area (Å²) in [7, 11) is 0. The van der Waals surface area contributed by atoms with E-state index in [0.717, 1.165) is 17.7 Å². The van der Waals surface area contributed by atoms with Gasteiger partial charge in [0.15, 0.2) is 0 Å². The van der Waals surface area contributed by atoms with Crippen molar-refractivity contribution in [2.24, 2.45) is 0 Å². The highest BCUT2D eigenvalue weighted by atomic mass is 32.2. The van der Waals surface area contributed by atoms with Crippen molar-refractivity contribution in [2.75, 3.05) is 5.75 Å².